The van der Waals surface area contributed by atoms with Crippen molar-refractivity contribution in [3.8, 4) is 28.5 Å². The smallest absolute Gasteiger partial charge is 0.139 e. The van der Waals surface area contributed by atoms with E-state index in [-0.39, 0.29) is 18.1 Å². The van der Waals surface area contributed by atoms with Gasteiger partial charge in [-0.3, -0.25) is 5.41 Å². The third-order valence-electron chi connectivity index (χ3n) is 4.97. The molecule has 0 radical (unpaired) electrons. The molecule has 0 amide bonds. The summed E-state index contributed by atoms with van der Waals surface area (Å²) < 4.78 is 16.2. The highest BCUT2D eigenvalue weighted by molar-refractivity contribution is 7.11. The number of ether oxygens (including phenoxy) is 3. The molecule has 7 nitrogen and oxygen atoms in total. The van der Waals surface area contributed by atoms with Crippen LogP contribution in [0.4, 0.5) is 5.69 Å². The van der Waals surface area contributed by atoms with Gasteiger partial charge in [0, 0.05) is 22.7 Å². The second-order valence-corrected chi connectivity index (χ2v) is 7.65. The summed E-state index contributed by atoms with van der Waals surface area (Å²) in [5.74, 6) is 2.45. The molecule has 2 N–H and O–H groups in total. The fourth-order valence-corrected chi connectivity index (χ4v) is 4.32. The lowest BCUT2D eigenvalue weighted by Crippen LogP contribution is -2.25. The summed E-state index contributed by atoms with van der Waals surface area (Å²) in [7, 11) is 3.20. The van der Waals surface area contributed by atoms with E-state index in [1.165, 1.54) is 11.3 Å². The molecular formula is C23H23N3O4S. The maximum Gasteiger partial charge on any atom is 0.139 e. The third kappa shape index (κ3) is 3.94. The van der Waals surface area contributed by atoms with Crippen molar-refractivity contribution in [1.82, 2.24) is 4.98 Å². The van der Waals surface area contributed by atoms with Crippen molar-refractivity contribution in [2.75, 3.05) is 32.3 Å². The third-order valence-corrected chi connectivity index (χ3v) is 5.83. The standard InChI is InChI=1S/C23H23N3O4S/c1-4-30-15-7-5-14(6-8-15)26-12-19(27)21(22(26)24)23-25-18(13-31-23)17-10-9-16(28-2)11-20(17)29-3/h5-11,13,24,27H,4,12H2,1-3H3. The summed E-state index contributed by atoms with van der Waals surface area (Å²) in [5.41, 5.74) is 2.78. The number of nitrogens with zero attached hydrogens (tertiary/aromatic N) is 2. The van der Waals surface area contributed by atoms with Crippen LogP contribution in [0.25, 0.3) is 16.8 Å². The lowest BCUT2D eigenvalue weighted by Gasteiger charge is -2.19. The largest absolute Gasteiger partial charge is 0.510 e. The number of aliphatic hydroxyl groups is 1. The van der Waals surface area contributed by atoms with E-state index < -0.39 is 0 Å². The molecule has 0 aliphatic carbocycles. The average Bonchev–Trinajstić information content (AvgIpc) is 3.38. The zero-order valence-electron chi connectivity index (χ0n) is 17.5. The maximum atomic E-state index is 10.6. The Morgan fingerprint density at radius 1 is 1.10 bits per heavy atom. The van der Waals surface area contributed by atoms with Crippen molar-refractivity contribution in [1.29, 1.82) is 5.41 Å². The van der Waals surface area contributed by atoms with Crippen LogP contribution < -0.4 is 19.1 Å². The fourth-order valence-electron chi connectivity index (χ4n) is 3.44. The van der Waals surface area contributed by atoms with Gasteiger partial charge in [0.05, 0.1) is 38.6 Å². The van der Waals surface area contributed by atoms with Gasteiger partial charge in [0.15, 0.2) is 0 Å². The number of methoxy groups -OCH3 is 2. The van der Waals surface area contributed by atoms with Gasteiger partial charge in [-0.15, -0.1) is 11.3 Å². The first-order valence-electron chi connectivity index (χ1n) is 9.75. The molecule has 31 heavy (non-hydrogen) atoms. The first-order valence-corrected chi connectivity index (χ1v) is 10.6. The molecule has 160 valence electrons. The molecule has 1 aliphatic rings. The second kappa shape index (κ2) is 8.69. The number of aromatic nitrogens is 1. The summed E-state index contributed by atoms with van der Waals surface area (Å²) in [6.07, 6.45) is 0. The lowest BCUT2D eigenvalue weighted by atomic mass is 10.1. The molecule has 1 aliphatic heterocycles. The van der Waals surface area contributed by atoms with Crippen LogP contribution in [0.5, 0.6) is 17.2 Å². The van der Waals surface area contributed by atoms with E-state index in [2.05, 4.69) is 4.98 Å². The summed E-state index contributed by atoms with van der Waals surface area (Å²) in [6.45, 7) is 2.75. The zero-order chi connectivity index (χ0) is 22.0. The Hall–Kier alpha value is -3.52. The minimum atomic E-state index is 0.126. The van der Waals surface area contributed by atoms with Crippen LogP contribution >= 0.6 is 11.3 Å². The molecule has 0 fully saturated rings. The number of aliphatic hydroxyl groups excluding tert-OH is 1. The first kappa shape index (κ1) is 20.7. The number of anilines is 1. The zero-order valence-corrected chi connectivity index (χ0v) is 18.3. The highest BCUT2D eigenvalue weighted by Gasteiger charge is 2.31. The van der Waals surface area contributed by atoms with E-state index in [0.717, 1.165) is 17.0 Å². The molecule has 2 heterocycles. The second-order valence-electron chi connectivity index (χ2n) is 6.79. The minimum Gasteiger partial charge on any atom is -0.510 e. The van der Waals surface area contributed by atoms with Gasteiger partial charge in [-0.05, 0) is 43.3 Å². The van der Waals surface area contributed by atoms with Crippen molar-refractivity contribution in [3.05, 3.63) is 58.6 Å². The van der Waals surface area contributed by atoms with Gasteiger partial charge >= 0.3 is 0 Å². The number of benzene rings is 2. The van der Waals surface area contributed by atoms with Crippen LogP contribution in [0.15, 0.2) is 53.6 Å². The van der Waals surface area contributed by atoms with E-state index in [1.54, 1.807) is 25.2 Å². The molecule has 0 bridgehead atoms. The minimum absolute atomic E-state index is 0.126. The monoisotopic (exact) mass is 437 g/mol. The average molecular weight is 438 g/mol. The van der Waals surface area contributed by atoms with Crippen LogP contribution in [0.3, 0.4) is 0 Å². The topological polar surface area (TPSA) is 87.9 Å². The van der Waals surface area contributed by atoms with Gasteiger partial charge in [-0.25, -0.2) is 4.98 Å². The Kier molecular flexibility index (Phi) is 5.81. The summed E-state index contributed by atoms with van der Waals surface area (Å²) in [4.78, 5) is 6.43. The highest BCUT2D eigenvalue weighted by Crippen LogP contribution is 2.38. The van der Waals surface area contributed by atoms with Crippen molar-refractivity contribution in [2.24, 2.45) is 0 Å². The van der Waals surface area contributed by atoms with Crippen LogP contribution in [0.1, 0.15) is 11.9 Å². The van der Waals surface area contributed by atoms with E-state index in [4.69, 9.17) is 19.6 Å². The number of thiazole rings is 1. The summed E-state index contributed by atoms with van der Waals surface area (Å²) in [5, 5.41) is 21.8. The molecule has 1 aromatic heterocycles. The van der Waals surface area contributed by atoms with Crippen LogP contribution in [0, 0.1) is 5.41 Å². The van der Waals surface area contributed by atoms with Gasteiger partial charge < -0.3 is 24.2 Å². The Balaban J connectivity index is 1.60. The maximum absolute atomic E-state index is 10.6. The molecule has 3 aromatic rings. The molecule has 0 saturated carbocycles. The number of hydrogen-bond acceptors (Lipinski definition) is 7. The predicted octanol–water partition coefficient (Wildman–Crippen LogP) is 4.99. The lowest BCUT2D eigenvalue weighted by molar-refractivity contribution is 0.340. The molecule has 8 heteroatoms. The Labute approximate surface area is 184 Å². The highest BCUT2D eigenvalue weighted by atomic mass is 32.1. The van der Waals surface area contributed by atoms with Gasteiger partial charge in [0.2, 0.25) is 0 Å². The van der Waals surface area contributed by atoms with Gasteiger partial charge in [0.1, 0.15) is 33.9 Å². The van der Waals surface area contributed by atoms with E-state index in [1.807, 2.05) is 48.7 Å². The molecule has 2 aromatic carbocycles. The van der Waals surface area contributed by atoms with Crippen molar-refractivity contribution < 1.29 is 19.3 Å². The SMILES string of the molecule is CCOc1ccc(N2CC(O)=C(c3nc(-c4ccc(OC)cc4OC)cs3)C2=N)cc1. The van der Waals surface area contributed by atoms with E-state index >= 15 is 0 Å². The molecular weight excluding hydrogens is 414 g/mol. The number of hydrogen-bond donors (Lipinski definition) is 2. The normalized spacial score (nSPS) is 13.6. The van der Waals surface area contributed by atoms with Crippen molar-refractivity contribution >= 4 is 28.4 Å². The van der Waals surface area contributed by atoms with Crippen LogP contribution in [0.2, 0.25) is 0 Å². The van der Waals surface area contributed by atoms with Gasteiger partial charge in [-0.1, -0.05) is 0 Å². The van der Waals surface area contributed by atoms with Crippen molar-refractivity contribution in [2.45, 2.75) is 6.92 Å². The van der Waals surface area contributed by atoms with Gasteiger partial charge in [-0.2, -0.15) is 0 Å². The molecule has 0 unspecified atom stereocenters. The van der Waals surface area contributed by atoms with Crippen LogP contribution in [-0.2, 0) is 0 Å². The Bertz CT molecular complexity index is 1140. The number of rotatable bonds is 7. The molecule has 0 saturated heterocycles. The summed E-state index contributed by atoms with van der Waals surface area (Å²) >= 11 is 1.38. The Morgan fingerprint density at radius 2 is 1.84 bits per heavy atom. The van der Waals surface area contributed by atoms with Gasteiger partial charge in [0.25, 0.3) is 0 Å². The number of nitrogens with one attached hydrogen (secondary N) is 1. The van der Waals surface area contributed by atoms with Crippen LogP contribution in [-0.4, -0.2) is 43.3 Å². The van der Waals surface area contributed by atoms with E-state index in [9.17, 15) is 5.11 Å². The number of amidine groups is 1. The quantitative estimate of drug-likeness (QED) is 0.541. The van der Waals surface area contributed by atoms with Crippen molar-refractivity contribution in [3.63, 3.8) is 0 Å². The first-order chi connectivity index (χ1) is 15.0. The molecule has 0 atom stereocenters. The van der Waals surface area contributed by atoms with E-state index in [0.29, 0.717) is 34.4 Å². The molecule has 0 spiro atoms. The predicted molar refractivity (Wildman–Crippen MR) is 123 cm³/mol. The molecule has 4 rings (SSSR count). The summed E-state index contributed by atoms with van der Waals surface area (Å²) in [6, 6.07) is 13.0. The fraction of sp³-hybridized carbons (Fsp3) is 0.217. The Morgan fingerprint density at radius 3 is 2.52 bits per heavy atom.